The zero-order valence-corrected chi connectivity index (χ0v) is 9.64. The minimum absolute atomic E-state index is 0.0666. The van der Waals surface area contributed by atoms with Crippen molar-refractivity contribution in [3.8, 4) is 0 Å². The van der Waals surface area contributed by atoms with E-state index in [-0.39, 0.29) is 11.4 Å². The highest BCUT2D eigenvalue weighted by molar-refractivity contribution is 5.75. The molecule has 1 aliphatic rings. The summed E-state index contributed by atoms with van der Waals surface area (Å²) in [5.74, 6) is 0.554. The van der Waals surface area contributed by atoms with Crippen LogP contribution in [0.1, 0.15) is 52.9 Å². The number of carbonyl (C=O) groups is 1. The topological polar surface area (TPSA) is 26.3 Å². The molecule has 0 spiro atoms. The van der Waals surface area contributed by atoms with E-state index in [2.05, 4.69) is 0 Å². The van der Waals surface area contributed by atoms with Crippen molar-refractivity contribution in [3.63, 3.8) is 0 Å². The van der Waals surface area contributed by atoms with Gasteiger partial charge in [-0.05, 0) is 39.5 Å². The average Bonchev–Trinajstić information content (AvgIpc) is 2.14. The van der Waals surface area contributed by atoms with Crippen LogP contribution in [0.2, 0.25) is 0 Å². The second-order valence-electron chi connectivity index (χ2n) is 5.35. The van der Waals surface area contributed by atoms with Crippen molar-refractivity contribution in [3.05, 3.63) is 0 Å². The molecule has 0 aromatic heterocycles. The minimum Gasteiger partial charge on any atom is -0.465 e. The van der Waals surface area contributed by atoms with Crippen molar-refractivity contribution < 1.29 is 9.53 Å². The van der Waals surface area contributed by atoms with Gasteiger partial charge in [0.25, 0.3) is 0 Å². The molecule has 0 aliphatic heterocycles. The van der Waals surface area contributed by atoms with E-state index >= 15 is 0 Å². The van der Waals surface area contributed by atoms with Crippen molar-refractivity contribution in [2.24, 2.45) is 11.3 Å². The molecule has 0 atom stereocenters. The Hall–Kier alpha value is -0.530. The SMILES string of the molecule is CC(C)(C)C(=O)OCC1CCCCC1. The van der Waals surface area contributed by atoms with Crippen LogP contribution in [0.4, 0.5) is 0 Å². The molecular formula is C12H22O2. The second-order valence-corrected chi connectivity index (χ2v) is 5.35. The summed E-state index contributed by atoms with van der Waals surface area (Å²) in [6.45, 7) is 6.33. The number of ether oxygens (including phenoxy) is 1. The molecule has 0 aromatic carbocycles. The van der Waals surface area contributed by atoms with Gasteiger partial charge in [0.1, 0.15) is 0 Å². The highest BCUT2D eigenvalue weighted by atomic mass is 16.5. The fourth-order valence-electron chi connectivity index (χ4n) is 1.76. The van der Waals surface area contributed by atoms with Crippen LogP contribution in [0.15, 0.2) is 0 Å². The first-order chi connectivity index (χ1) is 6.50. The molecule has 1 aliphatic carbocycles. The van der Waals surface area contributed by atoms with Crippen molar-refractivity contribution in [1.29, 1.82) is 0 Å². The Morgan fingerprint density at radius 2 is 1.79 bits per heavy atom. The van der Waals surface area contributed by atoms with Gasteiger partial charge in [-0.2, -0.15) is 0 Å². The molecule has 0 aromatic rings. The van der Waals surface area contributed by atoms with Gasteiger partial charge in [-0.25, -0.2) is 0 Å². The molecule has 0 heterocycles. The Labute approximate surface area is 87.0 Å². The van der Waals surface area contributed by atoms with Gasteiger partial charge in [0.2, 0.25) is 0 Å². The van der Waals surface area contributed by atoms with Gasteiger partial charge in [-0.3, -0.25) is 4.79 Å². The van der Waals surface area contributed by atoms with Crippen LogP contribution in [0.3, 0.4) is 0 Å². The molecule has 0 unspecified atom stereocenters. The normalized spacial score (nSPS) is 19.4. The highest BCUT2D eigenvalue weighted by Crippen LogP contribution is 2.24. The number of carbonyl (C=O) groups excluding carboxylic acids is 1. The third-order valence-corrected chi connectivity index (χ3v) is 2.79. The predicted octanol–water partition coefficient (Wildman–Crippen LogP) is 3.16. The lowest BCUT2D eigenvalue weighted by Gasteiger charge is -2.23. The van der Waals surface area contributed by atoms with Crippen molar-refractivity contribution >= 4 is 5.97 Å². The van der Waals surface area contributed by atoms with E-state index in [1.165, 1.54) is 32.1 Å². The van der Waals surface area contributed by atoms with Gasteiger partial charge < -0.3 is 4.74 Å². The molecule has 1 fully saturated rings. The number of hydrogen-bond acceptors (Lipinski definition) is 2. The first-order valence-corrected chi connectivity index (χ1v) is 5.67. The maximum atomic E-state index is 11.5. The molecule has 0 amide bonds. The summed E-state index contributed by atoms with van der Waals surface area (Å²) in [6, 6.07) is 0. The first-order valence-electron chi connectivity index (χ1n) is 5.67. The van der Waals surface area contributed by atoms with Gasteiger partial charge >= 0.3 is 5.97 Å². The zero-order chi connectivity index (χ0) is 10.6. The molecule has 2 heteroatoms. The van der Waals surface area contributed by atoms with Crippen LogP contribution < -0.4 is 0 Å². The van der Waals surface area contributed by atoms with Crippen LogP contribution in [0, 0.1) is 11.3 Å². The van der Waals surface area contributed by atoms with E-state index in [1.54, 1.807) is 0 Å². The lowest BCUT2D eigenvalue weighted by Crippen LogP contribution is -2.26. The van der Waals surface area contributed by atoms with Crippen LogP contribution in [0.25, 0.3) is 0 Å². The molecule has 0 saturated heterocycles. The summed E-state index contributed by atoms with van der Waals surface area (Å²) >= 11 is 0. The maximum absolute atomic E-state index is 11.5. The largest absolute Gasteiger partial charge is 0.465 e. The van der Waals surface area contributed by atoms with Crippen molar-refractivity contribution in [1.82, 2.24) is 0 Å². The Morgan fingerprint density at radius 3 is 2.29 bits per heavy atom. The minimum atomic E-state index is -0.353. The van der Waals surface area contributed by atoms with Gasteiger partial charge in [0, 0.05) is 0 Å². The molecule has 0 N–H and O–H groups in total. The third-order valence-electron chi connectivity index (χ3n) is 2.79. The molecule has 2 nitrogen and oxygen atoms in total. The molecule has 1 rings (SSSR count). The van der Waals surface area contributed by atoms with E-state index < -0.39 is 0 Å². The lowest BCUT2D eigenvalue weighted by molar-refractivity contribution is -0.154. The molecule has 82 valence electrons. The molecule has 0 radical (unpaired) electrons. The Bertz CT molecular complexity index is 185. The Kier molecular flexibility index (Phi) is 3.97. The molecule has 0 bridgehead atoms. The quantitative estimate of drug-likeness (QED) is 0.637. The van der Waals surface area contributed by atoms with E-state index in [0.717, 1.165) is 0 Å². The van der Waals surface area contributed by atoms with Crippen LogP contribution in [-0.4, -0.2) is 12.6 Å². The Balaban J connectivity index is 2.22. The zero-order valence-electron chi connectivity index (χ0n) is 9.64. The maximum Gasteiger partial charge on any atom is 0.311 e. The lowest BCUT2D eigenvalue weighted by atomic mass is 9.90. The molecule has 1 saturated carbocycles. The summed E-state index contributed by atoms with van der Waals surface area (Å²) in [7, 11) is 0. The number of rotatable bonds is 2. The smallest absolute Gasteiger partial charge is 0.311 e. The van der Waals surface area contributed by atoms with Gasteiger partial charge in [-0.1, -0.05) is 19.3 Å². The number of hydrogen-bond donors (Lipinski definition) is 0. The monoisotopic (exact) mass is 198 g/mol. The summed E-state index contributed by atoms with van der Waals surface area (Å²) in [4.78, 5) is 11.5. The highest BCUT2D eigenvalue weighted by Gasteiger charge is 2.24. The van der Waals surface area contributed by atoms with Gasteiger partial charge in [0.05, 0.1) is 12.0 Å². The summed E-state index contributed by atoms with van der Waals surface area (Å²) in [5, 5.41) is 0. The first kappa shape index (κ1) is 11.5. The third kappa shape index (κ3) is 3.69. The van der Waals surface area contributed by atoms with Crippen molar-refractivity contribution in [2.75, 3.05) is 6.61 Å². The van der Waals surface area contributed by atoms with Crippen LogP contribution in [0.5, 0.6) is 0 Å². The molecule has 14 heavy (non-hydrogen) atoms. The van der Waals surface area contributed by atoms with E-state index in [4.69, 9.17) is 4.74 Å². The van der Waals surface area contributed by atoms with Gasteiger partial charge in [-0.15, -0.1) is 0 Å². The second kappa shape index (κ2) is 4.81. The number of esters is 1. The fraction of sp³-hybridized carbons (Fsp3) is 0.917. The van der Waals surface area contributed by atoms with Gasteiger partial charge in [0.15, 0.2) is 0 Å². The van der Waals surface area contributed by atoms with Crippen LogP contribution in [-0.2, 0) is 9.53 Å². The Morgan fingerprint density at radius 1 is 1.21 bits per heavy atom. The van der Waals surface area contributed by atoms with E-state index in [1.807, 2.05) is 20.8 Å². The summed E-state index contributed by atoms with van der Waals surface area (Å²) < 4.78 is 5.31. The summed E-state index contributed by atoms with van der Waals surface area (Å²) in [6.07, 6.45) is 6.42. The fourth-order valence-corrected chi connectivity index (χ4v) is 1.76. The predicted molar refractivity (Wildman–Crippen MR) is 57.0 cm³/mol. The van der Waals surface area contributed by atoms with Crippen molar-refractivity contribution in [2.45, 2.75) is 52.9 Å². The van der Waals surface area contributed by atoms with Crippen LogP contribution >= 0.6 is 0 Å². The summed E-state index contributed by atoms with van der Waals surface area (Å²) in [5.41, 5.74) is -0.353. The standard InChI is InChI=1S/C12H22O2/c1-12(2,3)11(13)14-9-10-7-5-4-6-8-10/h10H,4-9H2,1-3H3. The van der Waals surface area contributed by atoms with E-state index in [0.29, 0.717) is 12.5 Å². The van der Waals surface area contributed by atoms with E-state index in [9.17, 15) is 4.79 Å². The molecular weight excluding hydrogens is 176 g/mol. The average molecular weight is 198 g/mol.